The van der Waals surface area contributed by atoms with Crippen molar-refractivity contribution in [2.45, 2.75) is 11.7 Å². The van der Waals surface area contributed by atoms with Gasteiger partial charge in [-0.25, -0.2) is 0 Å². The minimum absolute atomic E-state index is 0.116. The molecule has 2 N–H and O–H groups in total. The number of aromatic nitrogens is 3. The van der Waals surface area contributed by atoms with Crippen molar-refractivity contribution in [1.29, 1.82) is 0 Å². The lowest BCUT2D eigenvalue weighted by Crippen LogP contribution is -2.15. The maximum atomic E-state index is 12.6. The van der Waals surface area contributed by atoms with Crippen molar-refractivity contribution in [1.82, 2.24) is 20.1 Å². The van der Waals surface area contributed by atoms with Crippen LogP contribution in [0.25, 0.3) is 17.1 Å². The maximum absolute atomic E-state index is 12.6. The number of thioether (sulfide) groups is 1. The normalized spacial score (nSPS) is 12.3. The number of hydrogen-bond donors (Lipinski definition) is 2. The van der Waals surface area contributed by atoms with Gasteiger partial charge in [0.1, 0.15) is 0 Å². The molecular formula is C24H19N5O2S. The Kier molecular flexibility index (Phi) is 5.43. The van der Waals surface area contributed by atoms with Crippen molar-refractivity contribution >= 4 is 29.3 Å². The Hall–Kier alpha value is -3.91. The third-order valence-electron chi connectivity index (χ3n) is 5.09. The first-order valence-corrected chi connectivity index (χ1v) is 11.1. The third kappa shape index (κ3) is 4.00. The molecule has 158 valence electrons. The first-order chi connectivity index (χ1) is 15.7. The van der Waals surface area contributed by atoms with Crippen LogP contribution >= 0.6 is 11.8 Å². The molecule has 4 aromatic rings. The molecule has 7 nitrogen and oxygen atoms in total. The molecule has 0 unspecified atom stereocenters. The Balaban J connectivity index is 1.35. The lowest BCUT2D eigenvalue weighted by Gasteiger charge is -2.10. The summed E-state index contributed by atoms with van der Waals surface area (Å²) in [6.45, 7) is 0.525. The number of nitrogens with one attached hydrogen (secondary N) is 2. The predicted octanol–water partition coefficient (Wildman–Crippen LogP) is 3.91. The van der Waals surface area contributed by atoms with E-state index >= 15 is 0 Å². The molecule has 2 amide bonds. The second-order valence-electron chi connectivity index (χ2n) is 7.23. The van der Waals surface area contributed by atoms with Crippen molar-refractivity contribution in [2.75, 3.05) is 11.1 Å². The summed E-state index contributed by atoms with van der Waals surface area (Å²) in [5.41, 5.74) is 4.00. The van der Waals surface area contributed by atoms with Crippen LogP contribution in [0.15, 0.2) is 84.0 Å². The van der Waals surface area contributed by atoms with E-state index in [1.807, 2.05) is 77.4 Å². The molecule has 0 bridgehead atoms. The number of anilines is 1. The van der Waals surface area contributed by atoms with E-state index in [-0.39, 0.29) is 17.6 Å². The van der Waals surface area contributed by atoms with Crippen LogP contribution in [-0.4, -0.2) is 32.3 Å². The molecule has 1 aliphatic rings. The molecule has 8 heteroatoms. The zero-order chi connectivity index (χ0) is 21.9. The highest BCUT2D eigenvalue weighted by molar-refractivity contribution is 7.99. The molecule has 0 spiro atoms. The van der Waals surface area contributed by atoms with Crippen LogP contribution in [0.2, 0.25) is 0 Å². The van der Waals surface area contributed by atoms with Crippen molar-refractivity contribution < 1.29 is 9.59 Å². The van der Waals surface area contributed by atoms with Crippen molar-refractivity contribution in [3.63, 3.8) is 0 Å². The van der Waals surface area contributed by atoms with E-state index in [4.69, 9.17) is 0 Å². The zero-order valence-corrected chi connectivity index (χ0v) is 17.8. The summed E-state index contributed by atoms with van der Waals surface area (Å²) in [7, 11) is 0. The van der Waals surface area contributed by atoms with E-state index in [1.54, 1.807) is 6.07 Å². The molecule has 2 heterocycles. The highest BCUT2D eigenvalue weighted by Gasteiger charge is 2.20. The summed E-state index contributed by atoms with van der Waals surface area (Å²) in [4.78, 5) is 24.5. The van der Waals surface area contributed by atoms with Gasteiger partial charge in [-0.2, -0.15) is 0 Å². The minimum atomic E-state index is -0.183. The van der Waals surface area contributed by atoms with E-state index in [0.29, 0.717) is 28.8 Å². The first kappa shape index (κ1) is 20.0. The quantitative estimate of drug-likeness (QED) is 0.443. The summed E-state index contributed by atoms with van der Waals surface area (Å²) in [5.74, 6) is 0.569. The number of fused-ring (bicyclic) bond motifs is 1. The van der Waals surface area contributed by atoms with Crippen LogP contribution in [0.1, 0.15) is 15.9 Å². The van der Waals surface area contributed by atoms with Crippen LogP contribution in [0.5, 0.6) is 0 Å². The molecule has 3 aromatic carbocycles. The topological polar surface area (TPSA) is 88.9 Å². The summed E-state index contributed by atoms with van der Waals surface area (Å²) >= 11 is 1.31. The second-order valence-corrected chi connectivity index (χ2v) is 8.18. The van der Waals surface area contributed by atoms with Crippen molar-refractivity contribution in [3.8, 4) is 17.1 Å². The average Bonchev–Trinajstić information content (AvgIpc) is 3.42. The van der Waals surface area contributed by atoms with Gasteiger partial charge in [0.15, 0.2) is 11.0 Å². The smallest absolute Gasteiger partial charge is 0.251 e. The summed E-state index contributed by atoms with van der Waals surface area (Å²) in [6.07, 6.45) is 0. The van der Waals surface area contributed by atoms with E-state index in [2.05, 4.69) is 20.8 Å². The van der Waals surface area contributed by atoms with Crippen LogP contribution in [0.3, 0.4) is 0 Å². The summed E-state index contributed by atoms with van der Waals surface area (Å²) in [6, 6.07) is 25.0. The number of carbonyl (C=O) groups is 2. The molecule has 32 heavy (non-hydrogen) atoms. The lowest BCUT2D eigenvalue weighted by atomic mass is 10.1. The first-order valence-electron chi connectivity index (χ1n) is 10.1. The molecule has 0 aliphatic carbocycles. The van der Waals surface area contributed by atoms with Gasteiger partial charge in [-0.05, 0) is 29.8 Å². The van der Waals surface area contributed by atoms with Gasteiger partial charge in [0.25, 0.3) is 5.91 Å². The van der Waals surface area contributed by atoms with Crippen molar-refractivity contribution in [2.24, 2.45) is 0 Å². The number of amides is 2. The van der Waals surface area contributed by atoms with Gasteiger partial charge in [0.05, 0.1) is 5.75 Å². The monoisotopic (exact) mass is 441 g/mol. The van der Waals surface area contributed by atoms with Crippen molar-refractivity contribution in [3.05, 3.63) is 90.0 Å². The molecule has 5 rings (SSSR count). The fourth-order valence-corrected chi connectivity index (χ4v) is 4.32. The van der Waals surface area contributed by atoms with E-state index in [1.165, 1.54) is 11.8 Å². The fraction of sp³-hybridized carbons (Fsp3) is 0.0833. The summed E-state index contributed by atoms with van der Waals surface area (Å²) < 4.78 is 1.95. The Morgan fingerprint density at radius 3 is 2.53 bits per heavy atom. The maximum Gasteiger partial charge on any atom is 0.251 e. The lowest BCUT2D eigenvalue weighted by molar-refractivity contribution is -0.113. The Labute approximate surface area is 188 Å². The van der Waals surface area contributed by atoms with Gasteiger partial charge >= 0.3 is 0 Å². The largest absolute Gasteiger partial charge is 0.348 e. The Bertz CT molecular complexity index is 1290. The molecular weight excluding hydrogens is 422 g/mol. The number of carbonyl (C=O) groups excluding carboxylic acids is 2. The molecule has 0 radical (unpaired) electrons. The zero-order valence-electron chi connectivity index (χ0n) is 17.0. The highest BCUT2D eigenvalue weighted by atomic mass is 32.2. The van der Waals surface area contributed by atoms with E-state index in [0.717, 1.165) is 16.8 Å². The van der Waals surface area contributed by atoms with Crippen LogP contribution in [0, 0.1) is 0 Å². The van der Waals surface area contributed by atoms with Gasteiger partial charge in [-0.15, -0.1) is 10.2 Å². The number of benzene rings is 3. The Morgan fingerprint density at radius 2 is 1.75 bits per heavy atom. The summed E-state index contributed by atoms with van der Waals surface area (Å²) in [5, 5.41) is 15.0. The number of rotatable bonds is 6. The molecule has 0 atom stereocenters. The van der Waals surface area contributed by atoms with E-state index in [9.17, 15) is 9.59 Å². The second kappa shape index (κ2) is 8.68. The Morgan fingerprint density at radius 1 is 1.00 bits per heavy atom. The SMILES string of the molecule is O=C(CSc1nnc(-c2ccccc2)n1-c1ccccc1)Nc1ccc2c(c1)C(=O)NC2. The minimum Gasteiger partial charge on any atom is -0.348 e. The van der Waals surface area contributed by atoms with Crippen LogP contribution in [-0.2, 0) is 11.3 Å². The van der Waals surface area contributed by atoms with Gasteiger partial charge < -0.3 is 10.6 Å². The number of hydrogen-bond acceptors (Lipinski definition) is 5. The molecule has 0 fully saturated rings. The predicted molar refractivity (Wildman–Crippen MR) is 124 cm³/mol. The third-order valence-corrected chi connectivity index (χ3v) is 6.02. The molecule has 1 aliphatic heterocycles. The van der Waals surface area contributed by atoms with Gasteiger partial charge in [0, 0.05) is 29.0 Å². The average molecular weight is 442 g/mol. The number of nitrogens with zero attached hydrogens (tertiary/aromatic N) is 3. The van der Waals surface area contributed by atoms with Crippen LogP contribution < -0.4 is 10.6 Å². The number of para-hydroxylation sites is 1. The van der Waals surface area contributed by atoms with E-state index < -0.39 is 0 Å². The molecule has 1 aromatic heterocycles. The highest BCUT2D eigenvalue weighted by Crippen LogP contribution is 2.28. The van der Waals surface area contributed by atoms with Gasteiger partial charge in [-0.3, -0.25) is 14.2 Å². The van der Waals surface area contributed by atoms with Gasteiger partial charge in [0.2, 0.25) is 5.91 Å². The van der Waals surface area contributed by atoms with Crippen LogP contribution in [0.4, 0.5) is 5.69 Å². The molecule has 0 saturated carbocycles. The molecule has 0 saturated heterocycles. The van der Waals surface area contributed by atoms with Gasteiger partial charge in [-0.1, -0.05) is 66.4 Å². The standard InChI is InChI=1S/C24H19N5O2S/c30-21(26-18-12-11-17-14-25-23(31)20(17)13-18)15-32-24-28-27-22(16-7-3-1-4-8-16)29(24)19-9-5-2-6-10-19/h1-13H,14-15H2,(H,25,31)(H,26,30). The fourth-order valence-electron chi connectivity index (χ4n) is 3.57.